The summed E-state index contributed by atoms with van der Waals surface area (Å²) >= 11 is 3.34. The Balaban J connectivity index is 2.33. The maximum Gasteiger partial charge on any atom is 0.361 e. The number of thioether (sulfide) groups is 2. The van der Waals surface area contributed by atoms with Gasteiger partial charge in [-0.15, -0.1) is 23.5 Å². The van der Waals surface area contributed by atoms with E-state index in [2.05, 4.69) is 0 Å². The van der Waals surface area contributed by atoms with Crippen molar-refractivity contribution in [1.82, 2.24) is 0 Å². The molecular formula is C15H27O4PS2. The molecule has 0 spiro atoms. The highest BCUT2D eigenvalue weighted by Gasteiger charge is 2.41. The predicted octanol–water partition coefficient (Wildman–Crippen LogP) is 4.84. The van der Waals surface area contributed by atoms with E-state index in [1.54, 1.807) is 23.5 Å². The Hall–Kier alpha value is 0.550. The van der Waals surface area contributed by atoms with E-state index in [0.29, 0.717) is 18.5 Å². The standard InChI is InChI=1S/C15H27O4PS2/c1-3-18-20(17,19-4-2)14(15-21-10-11-22-15)13(16)12-8-6-5-7-9-12/h12-13,16H,3-11H2,1-2H3. The minimum Gasteiger partial charge on any atom is -0.388 e. The van der Waals surface area contributed by atoms with Gasteiger partial charge in [-0.05, 0) is 32.6 Å². The Kier molecular flexibility index (Phi) is 7.85. The van der Waals surface area contributed by atoms with Gasteiger partial charge in [0, 0.05) is 11.5 Å². The van der Waals surface area contributed by atoms with Crippen molar-refractivity contribution in [3.63, 3.8) is 0 Å². The molecule has 7 heteroatoms. The molecule has 1 heterocycles. The average Bonchev–Trinajstić information content (AvgIpc) is 3.02. The van der Waals surface area contributed by atoms with Gasteiger partial charge in [0.05, 0.1) is 28.9 Å². The summed E-state index contributed by atoms with van der Waals surface area (Å²) < 4.78 is 25.3. The summed E-state index contributed by atoms with van der Waals surface area (Å²) in [6, 6.07) is 0. The molecular weight excluding hydrogens is 339 g/mol. The van der Waals surface area contributed by atoms with Crippen LogP contribution < -0.4 is 0 Å². The van der Waals surface area contributed by atoms with Gasteiger partial charge in [-0.2, -0.15) is 0 Å². The monoisotopic (exact) mass is 366 g/mol. The molecule has 128 valence electrons. The summed E-state index contributed by atoms with van der Waals surface area (Å²) in [5.74, 6) is 2.14. The van der Waals surface area contributed by atoms with Crippen molar-refractivity contribution < 1.29 is 18.7 Å². The van der Waals surface area contributed by atoms with Crippen molar-refractivity contribution in [2.75, 3.05) is 24.7 Å². The molecule has 22 heavy (non-hydrogen) atoms. The zero-order valence-electron chi connectivity index (χ0n) is 13.5. The highest BCUT2D eigenvalue weighted by Crippen LogP contribution is 2.63. The highest BCUT2D eigenvalue weighted by molar-refractivity contribution is 8.25. The molecule has 0 aromatic rings. The molecule has 4 nitrogen and oxygen atoms in total. The number of rotatable bonds is 7. The van der Waals surface area contributed by atoms with Crippen molar-refractivity contribution in [2.24, 2.45) is 5.92 Å². The van der Waals surface area contributed by atoms with Crippen molar-refractivity contribution in [1.29, 1.82) is 0 Å². The van der Waals surface area contributed by atoms with Gasteiger partial charge < -0.3 is 14.2 Å². The molecule has 1 aliphatic carbocycles. The molecule has 1 aliphatic heterocycles. The summed E-state index contributed by atoms with van der Waals surface area (Å²) in [6.45, 7) is 4.27. The zero-order valence-corrected chi connectivity index (χ0v) is 16.0. The van der Waals surface area contributed by atoms with Crippen LogP contribution in [0.25, 0.3) is 0 Å². The molecule has 2 rings (SSSR count). The first kappa shape index (κ1) is 18.9. The molecule has 0 amide bonds. The van der Waals surface area contributed by atoms with E-state index < -0.39 is 13.7 Å². The van der Waals surface area contributed by atoms with Gasteiger partial charge in [0.1, 0.15) is 0 Å². The Labute approximate surface area is 142 Å². The van der Waals surface area contributed by atoms with Crippen LogP contribution in [0.5, 0.6) is 0 Å². The first-order valence-electron chi connectivity index (χ1n) is 8.20. The van der Waals surface area contributed by atoms with Crippen LogP contribution in [0.4, 0.5) is 0 Å². The maximum atomic E-state index is 13.3. The van der Waals surface area contributed by atoms with E-state index in [9.17, 15) is 9.67 Å². The molecule has 1 saturated heterocycles. The molecule has 0 aromatic heterocycles. The molecule has 1 unspecified atom stereocenters. The Morgan fingerprint density at radius 3 is 2.23 bits per heavy atom. The average molecular weight is 366 g/mol. The molecule has 0 aromatic carbocycles. The lowest BCUT2D eigenvalue weighted by molar-refractivity contribution is 0.114. The minimum atomic E-state index is -3.41. The molecule has 0 radical (unpaired) electrons. The van der Waals surface area contributed by atoms with Gasteiger partial charge in [-0.25, -0.2) is 0 Å². The van der Waals surface area contributed by atoms with Crippen LogP contribution in [0.2, 0.25) is 0 Å². The van der Waals surface area contributed by atoms with Crippen molar-refractivity contribution in [3.8, 4) is 0 Å². The number of aliphatic hydroxyl groups excluding tert-OH is 1. The molecule has 1 saturated carbocycles. The fourth-order valence-electron chi connectivity index (χ4n) is 3.04. The zero-order chi connectivity index (χ0) is 16.0. The number of aliphatic hydroxyl groups is 1. The Morgan fingerprint density at radius 2 is 1.73 bits per heavy atom. The normalized spacial score (nSPS) is 22.0. The van der Waals surface area contributed by atoms with Gasteiger partial charge >= 0.3 is 7.60 Å². The third-order valence-corrected chi connectivity index (χ3v) is 9.35. The number of hydrogen-bond donors (Lipinski definition) is 1. The van der Waals surface area contributed by atoms with Gasteiger partial charge in [0.25, 0.3) is 0 Å². The topological polar surface area (TPSA) is 55.8 Å². The van der Waals surface area contributed by atoms with E-state index in [4.69, 9.17) is 9.05 Å². The second-order valence-corrected chi connectivity index (χ2v) is 10.0. The van der Waals surface area contributed by atoms with E-state index in [0.717, 1.165) is 41.4 Å². The largest absolute Gasteiger partial charge is 0.388 e. The highest BCUT2D eigenvalue weighted by atomic mass is 32.2. The fraction of sp³-hybridized carbons (Fsp3) is 0.867. The van der Waals surface area contributed by atoms with Gasteiger partial charge in [-0.3, -0.25) is 4.57 Å². The van der Waals surface area contributed by atoms with Gasteiger partial charge in [-0.1, -0.05) is 19.3 Å². The molecule has 1 N–H and O–H groups in total. The van der Waals surface area contributed by atoms with Crippen LogP contribution in [-0.2, 0) is 13.6 Å². The van der Waals surface area contributed by atoms with Crippen LogP contribution in [0.3, 0.4) is 0 Å². The fourth-order valence-corrected chi connectivity index (χ4v) is 8.30. The van der Waals surface area contributed by atoms with Crippen molar-refractivity contribution >= 4 is 31.1 Å². The van der Waals surface area contributed by atoms with Crippen LogP contribution in [-0.4, -0.2) is 35.9 Å². The molecule has 2 fully saturated rings. The summed E-state index contributed by atoms with van der Waals surface area (Å²) in [5, 5.41) is 11.5. The van der Waals surface area contributed by atoms with E-state index in [1.807, 2.05) is 13.8 Å². The third-order valence-electron chi connectivity index (χ3n) is 4.03. The van der Waals surface area contributed by atoms with Crippen LogP contribution in [0, 0.1) is 5.92 Å². The first-order chi connectivity index (χ1) is 10.6. The Bertz CT molecular complexity index is 417. The SMILES string of the molecule is CCOP(=O)(OCC)C(=C1SCCS1)C(O)C1CCCCC1. The smallest absolute Gasteiger partial charge is 0.361 e. The summed E-state index contributed by atoms with van der Waals surface area (Å²) in [5.41, 5.74) is 0. The minimum absolute atomic E-state index is 0.173. The van der Waals surface area contributed by atoms with E-state index in [1.165, 1.54) is 6.42 Å². The summed E-state index contributed by atoms with van der Waals surface area (Å²) in [6.07, 6.45) is 4.78. The van der Waals surface area contributed by atoms with Crippen molar-refractivity contribution in [2.45, 2.75) is 52.1 Å². The third kappa shape index (κ3) is 4.55. The molecule has 1 atom stereocenters. The van der Waals surface area contributed by atoms with Crippen molar-refractivity contribution in [3.05, 3.63) is 9.55 Å². The molecule has 0 bridgehead atoms. The predicted molar refractivity (Wildman–Crippen MR) is 95.4 cm³/mol. The lowest BCUT2D eigenvalue weighted by Gasteiger charge is -2.31. The lowest BCUT2D eigenvalue weighted by Crippen LogP contribution is -2.26. The Morgan fingerprint density at radius 1 is 1.18 bits per heavy atom. The summed E-state index contributed by atoms with van der Waals surface area (Å²) in [4.78, 5) is 0. The second-order valence-electron chi connectivity index (χ2n) is 5.55. The lowest BCUT2D eigenvalue weighted by atomic mass is 9.85. The first-order valence-corrected chi connectivity index (χ1v) is 11.7. The van der Waals surface area contributed by atoms with Crippen LogP contribution in [0.15, 0.2) is 9.55 Å². The quantitative estimate of drug-likeness (QED) is 0.651. The van der Waals surface area contributed by atoms with E-state index in [-0.39, 0.29) is 5.92 Å². The van der Waals surface area contributed by atoms with Gasteiger partial charge in [0.2, 0.25) is 0 Å². The van der Waals surface area contributed by atoms with Crippen LogP contribution in [0.1, 0.15) is 46.0 Å². The van der Waals surface area contributed by atoms with Crippen LogP contribution >= 0.6 is 31.1 Å². The van der Waals surface area contributed by atoms with E-state index >= 15 is 0 Å². The summed E-state index contributed by atoms with van der Waals surface area (Å²) in [7, 11) is -3.41. The maximum absolute atomic E-state index is 13.3. The van der Waals surface area contributed by atoms with Gasteiger partial charge in [0.15, 0.2) is 0 Å². The molecule has 2 aliphatic rings. The number of hydrogen-bond acceptors (Lipinski definition) is 6. The second kappa shape index (κ2) is 9.14.